The van der Waals surface area contributed by atoms with E-state index in [2.05, 4.69) is 27.4 Å². The molecule has 0 aromatic carbocycles. The Balaban J connectivity index is 1.34. The quantitative estimate of drug-likeness (QED) is 0.173. The molecule has 6 rings (SSSR count). The van der Waals surface area contributed by atoms with E-state index in [0.29, 0.717) is 19.3 Å². The molecule has 17 unspecified atom stereocenters. The van der Waals surface area contributed by atoms with Gasteiger partial charge in [-0.1, -0.05) is 39.8 Å². The Morgan fingerprint density at radius 1 is 0.848 bits per heavy atom. The van der Waals surface area contributed by atoms with Gasteiger partial charge in [-0.05, 0) is 111 Å². The van der Waals surface area contributed by atoms with Crippen molar-refractivity contribution in [1.29, 1.82) is 0 Å². The van der Waals surface area contributed by atoms with Crippen molar-refractivity contribution in [2.75, 3.05) is 13.2 Å². The SMILES string of the molecule is C=C(C)C1CCC2(C(=O)OC3OC(CO)C(O)C(O)C3O)CCC3(C)C(CCC4C5(C)CC(O)C(O)C(C)(CO)C5CCC43C)C12. The summed E-state index contributed by atoms with van der Waals surface area (Å²) in [5.74, 6) is 0.157. The number of fused-ring (bicyclic) bond motifs is 7. The molecule has 0 radical (unpaired) electrons. The van der Waals surface area contributed by atoms with Gasteiger partial charge in [-0.3, -0.25) is 4.79 Å². The number of carbonyl (C=O) groups excluding carboxylic acids is 1. The highest BCUT2D eigenvalue weighted by Gasteiger charge is 2.73. The van der Waals surface area contributed by atoms with E-state index in [-0.39, 0.29) is 52.4 Å². The van der Waals surface area contributed by atoms with Crippen LogP contribution in [0, 0.1) is 56.7 Å². The Kier molecular flexibility index (Phi) is 8.66. The molecule has 1 saturated heterocycles. The predicted octanol–water partition coefficient (Wildman–Crippen LogP) is 2.29. The molecule has 0 aromatic rings. The number of ether oxygens (including phenoxy) is 2. The molecule has 1 aliphatic heterocycles. The number of rotatable bonds is 5. The van der Waals surface area contributed by atoms with Crippen LogP contribution in [0.2, 0.25) is 0 Å². The maximum Gasteiger partial charge on any atom is 0.314 e. The van der Waals surface area contributed by atoms with Crippen LogP contribution in [0.1, 0.15) is 92.4 Å². The minimum absolute atomic E-state index is 0.0362. The van der Waals surface area contributed by atoms with E-state index in [1.165, 1.54) is 0 Å². The average molecular weight is 651 g/mol. The monoisotopic (exact) mass is 650 g/mol. The lowest BCUT2D eigenvalue weighted by Gasteiger charge is -2.73. The van der Waals surface area contributed by atoms with Gasteiger partial charge in [0.1, 0.15) is 24.4 Å². The van der Waals surface area contributed by atoms with Crippen LogP contribution in [-0.4, -0.2) is 97.8 Å². The summed E-state index contributed by atoms with van der Waals surface area (Å²) in [5, 5.41) is 73.8. The number of allylic oxidation sites excluding steroid dienone is 1. The third-order valence-corrected chi connectivity index (χ3v) is 15.6. The van der Waals surface area contributed by atoms with Crippen LogP contribution >= 0.6 is 0 Å². The molecular formula is C36H58O10. The molecule has 6 fully saturated rings. The van der Waals surface area contributed by atoms with Gasteiger partial charge in [-0.25, -0.2) is 0 Å². The van der Waals surface area contributed by atoms with Crippen LogP contribution in [0.25, 0.3) is 0 Å². The van der Waals surface area contributed by atoms with Crippen molar-refractivity contribution in [3.63, 3.8) is 0 Å². The molecule has 46 heavy (non-hydrogen) atoms. The molecule has 7 N–H and O–H groups in total. The van der Waals surface area contributed by atoms with Crippen LogP contribution in [0.5, 0.6) is 0 Å². The van der Waals surface area contributed by atoms with Crippen LogP contribution in [0.4, 0.5) is 0 Å². The average Bonchev–Trinajstić information content (AvgIpc) is 3.42. The first-order chi connectivity index (χ1) is 21.5. The van der Waals surface area contributed by atoms with E-state index in [1.807, 2.05) is 13.8 Å². The summed E-state index contributed by atoms with van der Waals surface area (Å²) >= 11 is 0. The van der Waals surface area contributed by atoms with Gasteiger partial charge in [0.25, 0.3) is 0 Å². The van der Waals surface area contributed by atoms with E-state index >= 15 is 0 Å². The van der Waals surface area contributed by atoms with E-state index in [0.717, 1.165) is 44.1 Å². The lowest BCUT2D eigenvalue weighted by Crippen LogP contribution is -2.69. The summed E-state index contributed by atoms with van der Waals surface area (Å²) in [6.07, 6.45) is -2.40. The number of aliphatic hydroxyl groups is 7. The van der Waals surface area contributed by atoms with Crippen LogP contribution < -0.4 is 0 Å². The van der Waals surface area contributed by atoms with E-state index in [4.69, 9.17) is 9.47 Å². The summed E-state index contributed by atoms with van der Waals surface area (Å²) in [6, 6.07) is 0. The number of hydrogen-bond acceptors (Lipinski definition) is 10. The number of aliphatic hydroxyl groups excluding tert-OH is 7. The molecule has 1 heterocycles. The third kappa shape index (κ3) is 4.46. The van der Waals surface area contributed by atoms with Crippen molar-refractivity contribution in [3.8, 4) is 0 Å². The standard InChI is InChI=1S/C36H58O10/c1-18(2)19-9-12-36(31(44)46-30-28(42)27(41)26(40)22(16-37)45-30)14-13-34(5)20(25(19)36)7-8-24-32(3)15-21(39)29(43)33(4,17-38)23(32)10-11-35(24,34)6/h19-30,37-43H,1,7-17H2,2-6H3. The smallest absolute Gasteiger partial charge is 0.314 e. The second-order valence-electron chi connectivity index (χ2n) is 17.3. The Hall–Kier alpha value is -1.11. The van der Waals surface area contributed by atoms with Crippen LogP contribution in [0.3, 0.4) is 0 Å². The van der Waals surface area contributed by atoms with Crippen LogP contribution in [0.15, 0.2) is 12.2 Å². The largest absolute Gasteiger partial charge is 0.432 e. The molecule has 10 nitrogen and oxygen atoms in total. The van der Waals surface area contributed by atoms with Crippen molar-refractivity contribution in [2.45, 2.75) is 135 Å². The van der Waals surface area contributed by atoms with E-state index in [9.17, 15) is 40.5 Å². The molecular weight excluding hydrogens is 592 g/mol. The van der Waals surface area contributed by atoms with Gasteiger partial charge in [0.2, 0.25) is 6.29 Å². The van der Waals surface area contributed by atoms with Gasteiger partial charge in [-0.15, -0.1) is 0 Å². The maximum absolute atomic E-state index is 14.4. The third-order valence-electron chi connectivity index (χ3n) is 15.6. The first-order valence-corrected chi connectivity index (χ1v) is 17.6. The fourth-order valence-corrected chi connectivity index (χ4v) is 13.0. The summed E-state index contributed by atoms with van der Waals surface area (Å²) in [6.45, 7) is 14.7. The van der Waals surface area contributed by atoms with Gasteiger partial charge >= 0.3 is 5.97 Å². The van der Waals surface area contributed by atoms with E-state index < -0.39 is 66.3 Å². The Labute approximate surface area is 273 Å². The molecule has 5 saturated carbocycles. The summed E-state index contributed by atoms with van der Waals surface area (Å²) in [7, 11) is 0. The molecule has 0 spiro atoms. The number of esters is 1. The second-order valence-corrected chi connectivity index (χ2v) is 17.3. The summed E-state index contributed by atoms with van der Waals surface area (Å²) < 4.78 is 11.5. The van der Waals surface area contributed by atoms with Crippen molar-refractivity contribution in [2.24, 2.45) is 56.7 Å². The topological polar surface area (TPSA) is 177 Å². The molecule has 10 heteroatoms. The Morgan fingerprint density at radius 2 is 1.54 bits per heavy atom. The zero-order valence-corrected chi connectivity index (χ0v) is 28.3. The molecule has 0 bridgehead atoms. The predicted molar refractivity (Wildman–Crippen MR) is 168 cm³/mol. The lowest BCUT2D eigenvalue weighted by atomic mass is 9.32. The van der Waals surface area contributed by atoms with Gasteiger partial charge < -0.3 is 45.2 Å². The molecule has 17 atom stereocenters. The molecule has 5 aliphatic carbocycles. The number of carbonyl (C=O) groups is 1. The van der Waals surface area contributed by atoms with Crippen molar-refractivity contribution < 1.29 is 50.0 Å². The van der Waals surface area contributed by atoms with Crippen molar-refractivity contribution in [1.82, 2.24) is 0 Å². The molecule has 6 aliphatic rings. The van der Waals surface area contributed by atoms with E-state index in [1.54, 1.807) is 0 Å². The maximum atomic E-state index is 14.4. The van der Waals surface area contributed by atoms with Gasteiger partial charge in [-0.2, -0.15) is 0 Å². The fraction of sp³-hybridized carbons (Fsp3) is 0.917. The summed E-state index contributed by atoms with van der Waals surface area (Å²) in [4.78, 5) is 14.4. The van der Waals surface area contributed by atoms with Gasteiger partial charge in [0.15, 0.2) is 0 Å². The lowest BCUT2D eigenvalue weighted by molar-refractivity contribution is -0.299. The second kappa shape index (κ2) is 11.5. The first kappa shape index (κ1) is 34.7. The van der Waals surface area contributed by atoms with Gasteiger partial charge in [0.05, 0.1) is 30.8 Å². The highest BCUT2D eigenvalue weighted by atomic mass is 16.7. The molecule has 0 aromatic heterocycles. The Morgan fingerprint density at radius 3 is 2.17 bits per heavy atom. The Bertz CT molecular complexity index is 1210. The van der Waals surface area contributed by atoms with Crippen molar-refractivity contribution in [3.05, 3.63) is 12.2 Å². The highest BCUT2D eigenvalue weighted by molar-refractivity contribution is 5.78. The highest BCUT2D eigenvalue weighted by Crippen LogP contribution is 2.77. The minimum atomic E-state index is -1.65. The van der Waals surface area contributed by atoms with Crippen LogP contribution in [-0.2, 0) is 14.3 Å². The number of hydrogen-bond donors (Lipinski definition) is 7. The molecule has 262 valence electrons. The summed E-state index contributed by atoms with van der Waals surface area (Å²) in [5.41, 5.74) is -1.06. The first-order valence-electron chi connectivity index (χ1n) is 17.6. The fourth-order valence-electron chi connectivity index (χ4n) is 13.0. The van der Waals surface area contributed by atoms with Gasteiger partial charge in [0, 0.05) is 5.41 Å². The normalized spacial score (nSPS) is 56.6. The zero-order chi connectivity index (χ0) is 33.8. The molecule has 0 amide bonds. The zero-order valence-electron chi connectivity index (χ0n) is 28.3. The van der Waals surface area contributed by atoms with Crippen molar-refractivity contribution >= 4 is 5.97 Å². The minimum Gasteiger partial charge on any atom is -0.432 e.